The van der Waals surface area contributed by atoms with E-state index >= 15 is 0 Å². The Hall–Kier alpha value is -3.39. The number of nitrogens with zero attached hydrogens (tertiary/aromatic N) is 4. The molecule has 1 fully saturated rings. The van der Waals surface area contributed by atoms with Crippen molar-refractivity contribution in [3.05, 3.63) is 53.9 Å². The number of hydrogen-bond acceptors (Lipinski definition) is 7. The predicted octanol–water partition coefficient (Wildman–Crippen LogP) is 3.94. The van der Waals surface area contributed by atoms with Gasteiger partial charge in [-0.2, -0.15) is 4.98 Å². The minimum absolute atomic E-state index is 0.0248. The second-order valence-corrected chi connectivity index (χ2v) is 8.37. The Morgan fingerprint density at radius 2 is 1.88 bits per heavy atom. The number of hydrogen-bond donors (Lipinski definition) is 0. The van der Waals surface area contributed by atoms with Gasteiger partial charge in [0, 0.05) is 24.2 Å². The number of rotatable bonds is 7. The van der Waals surface area contributed by atoms with Crippen molar-refractivity contribution in [1.29, 1.82) is 0 Å². The van der Waals surface area contributed by atoms with Gasteiger partial charge in [0.25, 0.3) is 0 Å². The lowest BCUT2D eigenvalue weighted by Crippen LogP contribution is -2.41. The second kappa shape index (κ2) is 10.0. The molecule has 0 saturated carbocycles. The van der Waals surface area contributed by atoms with Gasteiger partial charge >= 0.3 is 0 Å². The Labute approximate surface area is 194 Å². The summed E-state index contributed by atoms with van der Waals surface area (Å²) >= 11 is 0. The van der Waals surface area contributed by atoms with Crippen LogP contribution in [0, 0.1) is 12.8 Å². The van der Waals surface area contributed by atoms with E-state index in [2.05, 4.69) is 15.0 Å². The molecule has 1 aliphatic rings. The fourth-order valence-electron chi connectivity index (χ4n) is 4.18. The molecule has 2 aromatic carbocycles. The first-order chi connectivity index (χ1) is 16.0. The zero-order valence-corrected chi connectivity index (χ0v) is 19.6. The molecule has 1 aliphatic heterocycles. The molecule has 0 N–H and O–H groups in total. The third-order valence-corrected chi connectivity index (χ3v) is 6.13. The Balaban J connectivity index is 1.33. The van der Waals surface area contributed by atoms with Gasteiger partial charge in [0.15, 0.2) is 11.5 Å². The average Bonchev–Trinajstić information content (AvgIpc) is 3.31. The number of likely N-dealkylation sites (tertiary alicyclic amines) is 1. The molecule has 3 aromatic rings. The van der Waals surface area contributed by atoms with Gasteiger partial charge in [-0.3, -0.25) is 9.69 Å². The van der Waals surface area contributed by atoms with Gasteiger partial charge in [-0.25, -0.2) is 0 Å². The molecule has 8 nitrogen and oxygen atoms in total. The zero-order valence-electron chi connectivity index (χ0n) is 19.6. The average molecular weight is 451 g/mol. The van der Waals surface area contributed by atoms with Crippen LogP contribution in [0.5, 0.6) is 11.5 Å². The van der Waals surface area contributed by atoms with Gasteiger partial charge in [-0.1, -0.05) is 17.3 Å². The summed E-state index contributed by atoms with van der Waals surface area (Å²) in [6, 6.07) is 13.6. The number of aryl methyl sites for hydroxylation is 1. The van der Waals surface area contributed by atoms with Crippen molar-refractivity contribution in [2.24, 2.45) is 5.92 Å². The van der Waals surface area contributed by atoms with E-state index in [1.165, 1.54) is 0 Å². The van der Waals surface area contributed by atoms with Gasteiger partial charge in [0.2, 0.25) is 17.6 Å². The topological polar surface area (TPSA) is 80.9 Å². The van der Waals surface area contributed by atoms with Crippen LogP contribution in [-0.2, 0) is 11.3 Å². The van der Waals surface area contributed by atoms with Crippen LogP contribution in [0.15, 0.2) is 47.0 Å². The van der Waals surface area contributed by atoms with Gasteiger partial charge in [-0.15, -0.1) is 0 Å². The molecular weight excluding hydrogens is 420 g/mol. The number of aromatic nitrogens is 2. The smallest absolute Gasteiger partial charge is 0.241 e. The third-order valence-electron chi connectivity index (χ3n) is 6.13. The standard InChI is InChI=1S/C25H30N4O4/c1-17-6-5-7-20(14-17)28(2)25(30)18-10-12-29(13-11-18)16-23-26-24(27-33-23)19-8-9-21(31-3)22(15-19)32-4/h5-9,14-15,18H,10-13,16H2,1-4H3. The normalized spacial score (nSPS) is 14.8. The summed E-state index contributed by atoms with van der Waals surface area (Å²) in [5.74, 6) is 2.53. The molecule has 0 spiro atoms. The highest BCUT2D eigenvalue weighted by Gasteiger charge is 2.28. The number of anilines is 1. The lowest BCUT2D eigenvalue weighted by molar-refractivity contribution is -0.123. The van der Waals surface area contributed by atoms with Gasteiger partial charge < -0.3 is 18.9 Å². The number of methoxy groups -OCH3 is 2. The van der Waals surface area contributed by atoms with E-state index in [4.69, 9.17) is 14.0 Å². The molecule has 0 bridgehead atoms. The Bertz CT molecular complexity index is 1110. The summed E-state index contributed by atoms with van der Waals surface area (Å²) in [6.45, 7) is 4.22. The zero-order chi connectivity index (χ0) is 23.4. The van der Waals surface area contributed by atoms with Crippen LogP contribution in [0.2, 0.25) is 0 Å². The highest BCUT2D eigenvalue weighted by atomic mass is 16.5. The number of amides is 1. The Kier molecular flexibility index (Phi) is 6.93. The highest BCUT2D eigenvalue weighted by Crippen LogP contribution is 2.31. The molecule has 0 atom stereocenters. The monoisotopic (exact) mass is 450 g/mol. The van der Waals surface area contributed by atoms with E-state index in [1.54, 1.807) is 19.1 Å². The molecule has 1 aromatic heterocycles. The molecule has 0 unspecified atom stereocenters. The van der Waals surface area contributed by atoms with E-state index in [0.717, 1.165) is 42.7 Å². The lowest BCUT2D eigenvalue weighted by Gasteiger charge is -2.32. The van der Waals surface area contributed by atoms with Crippen molar-refractivity contribution in [2.45, 2.75) is 26.3 Å². The minimum Gasteiger partial charge on any atom is -0.493 e. The fourth-order valence-corrected chi connectivity index (χ4v) is 4.18. The van der Waals surface area contributed by atoms with Gasteiger partial charge in [-0.05, 0) is 68.8 Å². The second-order valence-electron chi connectivity index (χ2n) is 8.37. The summed E-state index contributed by atoms with van der Waals surface area (Å²) in [5.41, 5.74) is 2.89. The largest absolute Gasteiger partial charge is 0.493 e. The van der Waals surface area contributed by atoms with Gasteiger partial charge in [0.1, 0.15) is 0 Å². The maximum absolute atomic E-state index is 13.0. The molecule has 8 heteroatoms. The first-order valence-electron chi connectivity index (χ1n) is 11.1. The molecular formula is C25H30N4O4. The number of carbonyl (C=O) groups is 1. The Morgan fingerprint density at radius 3 is 2.58 bits per heavy atom. The SMILES string of the molecule is COc1ccc(-c2noc(CN3CCC(C(=O)N(C)c4cccc(C)c4)CC3)n2)cc1OC. The summed E-state index contributed by atoms with van der Waals surface area (Å²) in [4.78, 5) is 21.6. The van der Waals surface area contributed by atoms with Crippen LogP contribution in [0.4, 0.5) is 5.69 Å². The first-order valence-corrected chi connectivity index (χ1v) is 11.1. The minimum atomic E-state index is 0.0248. The van der Waals surface area contributed by atoms with E-state index < -0.39 is 0 Å². The quantitative estimate of drug-likeness (QED) is 0.539. The summed E-state index contributed by atoms with van der Waals surface area (Å²) in [6.07, 6.45) is 1.62. The maximum atomic E-state index is 13.0. The van der Waals surface area contributed by atoms with E-state index in [-0.39, 0.29) is 11.8 Å². The molecule has 1 saturated heterocycles. The van der Waals surface area contributed by atoms with Crippen LogP contribution in [0.25, 0.3) is 11.4 Å². The van der Waals surface area contributed by atoms with E-state index in [1.807, 2.05) is 56.4 Å². The summed E-state index contributed by atoms with van der Waals surface area (Å²) < 4.78 is 16.1. The fraction of sp³-hybridized carbons (Fsp3) is 0.400. The first kappa shape index (κ1) is 22.8. The number of piperidine rings is 1. The third kappa shape index (κ3) is 5.17. The predicted molar refractivity (Wildman–Crippen MR) is 125 cm³/mol. The molecule has 0 radical (unpaired) electrons. The summed E-state index contributed by atoms with van der Waals surface area (Å²) in [5, 5.41) is 4.12. The molecule has 4 rings (SSSR count). The van der Waals surface area contributed by atoms with Crippen LogP contribution in [0.3, 0.4) is 0 Å². The number of ether oxygens (including phenoxy) is 2. The molecule has 33 heavy (non-hydrogen) atoms. The van der Waals surface area contributed by atoms with Crippen LogP contribution in [-0.4, -0.2) is 55.3 Å². The van der Waals surface area contributed by atoms with Gasteiger partial charge in [0.05, 0.1) is 20.8 Å². The van der Waals surface area contributed by atoms with Crippen molar-refractivity contribution < 1.29 is 18.8 Å². The number of carbonyl (C=O) groups excluding carboxylic acids is 1. The molecule has 2 heterocycles. The molecule has 0 aliphatic carbocycles. The maximum Gasteiger partial charge on any atom is 0.241 e. The number of benzene rings is 2. The van der Waals surface area contributed by atoms with Crippen LogP contribution < -0.4 is 14.4 Å². The summed E-state index contributed by atoms with van der Waals surface area (Å²) in [7, 11) is 5.05. The van der Waals surface area contributed by atoms with Crippen molar-refractivity contribution in [3.8, 4) is 22.9 Å². The lowest BCUT2D eigenvalue weighted by atomic mass is 9.95. The molecule has 1 amide bonds. The van der Waals surface area contributed by atoms with Crippen molar-refractivity contribution in [2.75, 3.05) is 39.3 Å². The Morgan fingerprint density at radius 1 is 1.12 bits per heavy atom. The molecule has 174 valence electrons. The van der Waals surface area contributed by atoms with Crippen molar-refractivity contribution in [1.82, 2.24) is 15.0 Å². The van der Waals surface area contributed by atoms with E-state index in [9.17, 15) is 4.79 Å². The van der Waals surface area contributed by atoms with Crippen molar-refractivity contribution >= 4 is 11.6 Å². The highest BCUT2D eigenvalue weighted by molar-refractivity contribution is 5.94. The van der Waals surface area contributed by atoms with Crippen molar-refractivity contribution in [3.63, 3.8) is 0 Å². The van der Waals surface area contributed by atoms with E-state index in [0.29, 0.717) is 29.8 Å². The van der Waals surface area contributed by atoms with Crippen LogP contribution in [0.1, 0.15) is 24.3 Å². The van der Waals surface area contributed by atoms with Crippen LogP contribution >= 0.6 is 0 Å².